The van der Waals surface area contributed by atoms with Crippen molar-refractivity contribution >= 4 is 0 Å². The first-order valence-electron chi connectivity index (χ1n) is 7.59. The molecule has 0 fully saturated rings. The second-order valence-corrected chi connectivity index (χ2v) is 9.04. The van der Waals surface area contributed by atoms with Gasteiger partial charge in [-0.2, -0.15) is 0 Å². The summed E-state index contributed by atoms with van der Waals surface area (Å²) in [5, 5.41) is 21.1. The van der Waals surface area contributed by atoms with E-state index >= 15 is 0 Å². The van der Waals surface area contributed by atoms with Crippen molar-refractivity contribution in [3.05, 3.63) is 0 Å². The Morgan fingerprint density at radius 2 is 0.750 bits per heavy atom. The zero-order valence-corrected chi connectivity index (χ0v) is 15.1. The van der Waals surface area contributed by atoms with E-state index < -0.39 is 5.60 Å². The molecule has 0 aliphatic rings. The molecule has 0 radical (unpaired) electrons. The smallest absolute Gasteiger partial charge is 0.102 e. The van der Waals surface area contributed by atoms with Crippen LogP contribution in [0.25, 0.3) is 0 Å². The highest BCUT2D eigenvalue weighted by Gasteiger charge is 2.31. The quantitative estimate of drug-likeness (QED) is 0.602. The summed E-state index contributed by atoms with van der Waals surface area (Å²) in [7, 11) is 0. The van der Waals surface area contributed by atoms with Gasteiger partial charge in [0.2, 0.25) is 0 Å². The van der Waals surface area contributed by atoms with Crippen molar-refractivity contribution in [3.63, 3.8) is 0 Å². The first kappa shape index (κ1) is 19.8. The van der Waals surface area contributed by atoms with Gasteiger partial charge in [0.1, 0.15) is 5.60 Å². The molecule has 4 heteroatoms. The molecule has 20 heavy (non-hydrogen) atoms. The van der Waals surface area contributed by atoms with E-state index in [2.05, 4.69) is 78.3 Å². The molecule has 0 saturated heterocycles. The van der Waals surface area contributed by atoms with Crippen molar-refractivity contribution in [1.82, 2.24) is 16.0 Å². The molecule has 0 aromatic heterocycles. The third-order valence-corrected chi connectivity index (χ3v) is 2.84. The van der Waals surface area contributed by atoms with Crippen molar-refractivity contribution in [3.8, 4) is 0 Å². The highest BCUT2D eigenvalue weighted by Crippen LogP contribution is 2.10. The van der Waals surface area contributed by atoms with Crippen molar-refractivity contribution in [2.24, 2.45) is 0 Å². The number of aliphatic hydroxyl groups is 1. The molecular formula is C16H37N3O. The van der Waals surface area contributed by atoms with E-state index in [9.17, 15) is 5.11 Å². The van der Waals surface area contributed by atoms with E-state index in [1.54, 1.807) is 0 Å². The van der Waals surface area contributed by atoms with E-state index in [0.29, 0.717) is 19.6 Å². The molecule has 0 spiro atoms. The monoisotopic (exact) mass is 287 g/mol. The first-order chi connectivity index (χ1) is 8.62. The average Bonchev–Trinajstić information content (AvgIpc) is 2.18. The molecular weight excluding hydrogens is 250 g/mol. The van der Waals surface area contributed by atoms with Crippen LogP contribution in [0, 0.1) is 0 Å². The van der Waals surface area contributed by atoms with Gasteiger partial charge in [0.05, 0.1) is 0 Å². The summed E-state index contributed by atoms with van der Waals surface area (Å²) in [4.78, 5) is 0. The molecule has 0 heterocycles. The minimum absolute atomic E-state index is 0.00253. The Kier molecular flexibility index (Phi) is 6.68. The van der Waals surface area contributed by atoms with Gasteiger partial charge in [-0.3, -0.25) is 0 Å². The van der Waals surface area contributed by atoms with Crippen LogP contribution in [-0.2, 0) is 0 Å². The Morgan fingerprint density at radius 1 is 0.550 bits per heavy atom. The van der Waals surface area contributed by atoms with E-state index in [-0.39, 0.29) is 16.6 Å². The zero-order valence-electron chi connectivity index (χ0n) is 15.1. The van der Waals surface area contributed by atoms with Gasteiger partial charge in [-0.25, -0.2) is 0 Å². The largest absolute Gasteiger partial charge is 0.386 e. The predicted octanol–water partition coefficient (Wildman–Crippen LogP) is 1.88. The van der Waals surface area contributed by atoms with Crippen molar-refractivity contribution in [1.29, 1.82) is 0 Å². The first-order valence-corrected chi connectivity index (χ1v) is 7.59. The molecule has 0 amide bonds. The minimum atomic E-state index is -0.812. The lowest BCUT2D eigenvalue weighted by atomic mass is 9.97. The number of nitrogens with one attached hydrogen (secondary N) is 3. The van der Waals surface area contributed by atoms with Gasteiger partial charge in [0, 0.05) is 36.3 Å². The van der Waals surface area contributed by atoms with E-state index in [1.165, 1.54) is 0 Å². The topological polar surface area (TPSA) is 56.3 Å². The number of rotatable bonds is 6. The molecule has 0 aromatic carbocycles. The Morgan fingerprint density at radius 3 is 0.900 bits per heavy atom. The number of hydrogen-bond acceptors (Lipinski definition) is 4. The Hall–Kier alpha value is -0.160. The Labute approximate surface area is 126 Å². The van der Waals surface area contributed by atoms with Crippen LogP contribution in [0.4, 0.5) is 0 Å². The minimum Gasteiger partial charge on any atom is -0.386 e. The van der Waals surface area contributed by atoms with Gasteiger partial charge in [0.25, 0.3) is 0 Å². The predicted molar refractivity (Wildman–Crippen MR) is 88.2 cm³/mol. The lowest BCUT2D eigenvalue weighted by molar-refractivity contribution is 0.0239. The second-order valence-electron chi connectivity index (χ2n) is 9.04. The molecule has 0 rings (SSSR count). The van der Waals surface area contributed by atoms with Crippen LogP contribution in [0.1, 0.15) is 62.3 Å². The standard InChI is InChI=1S/C16H37N3O/c1-13(2,3)17-10-16(20,11-18-14(4,5)6)12-19-15(7,8)9/h17-20H,10-12H2,1-9H3. The maximum absolute atomic E-state index is 10.9. The summed E-state index contributed by atoms with van der Waals surface area (Å²) >= 11 is 0. The van der Waals surface area contributed by atoms with E-state index in [0.717, 1.165) is 0 Å². The fourth-order valence-corrected chi connectivity index (χ4v) is 1.48. The highest BCUT2D eigenvalue weighted by atomic mass is 16.3. The number of β-amino-alcohol motifs (C(OH)–C–C–N with tert-alkyl or cyclic N) is 1. The van der Waals surface area contributed by atoms with Gasteiger partial charge in [-0.1, -0.05) is 0 Å². The summed E-state index contributed by atoms with van der Waals surface area (Å²) in [5.74, 6) is 0. The number of hydrogen-bond donors (Lipinski definition) is 4. The maximum Gasteiger partial charge on any atom is 0.102 e. The van der Waals surface area contributed by atoms with Crippen LogP contribution in [-0.4, -0.2) is 47.0 Å². The van der Waals surface area contributed by atoms with Crippen LogP contribution in [0.3, 0.4) is 0 Å². The Bertz CT molecular complexity index is 236. The lowest BCUT2D eigenvalue weighted by Crippen LogP contribution is -2.61. The molecule has 4 N–H and O–H groups in total. The van der Waals surface area contributed by atoms with E-state index in [1.807, 2.05) is 0 Å². The second kappa shape index (κ2) is 6.73. The summed E-state index contributed by atoms with van der Waals surface area (Å²) in [6, 6.07) is 0. The van der Waals surface area contributed by atoms with Gasteiger partial charge in [-0.15, -0.1) is 0 Å². The lowest BCUT2D eigenvalue weighted by Gasteiger charge is -2.37. The molecule has 0 aliphatic carbocycles. The van der Waals surface area contributed by atoms with Crippen LogP contribution in [0.5, 0.6) is 0 Å². The van der Waals surface area contributed by atoms with Crippen molar-refractivity contribution in [2.75, 3.05) is 19.6 Å². The summed E-state index contributed by atoms with van der Waals surface area (Å²) in [6.45, 7) is 20.7. The highest BCUT2D eigenvalue weighted by molar-refractivity contribution is 4.92. The fourth-order valence-electron chi connectivity index (χ4n) is 1.48. The molecule has 0 bridgehead atoms. The molecule has 0 unspecified atom stereocenters. The van der Waals surface area contributed by atoms with Crippen LogP contribution in [0.15, 0.2) is 0 Å². The molecule has 4 nitrogen and oxygen atoms in total. The third kappa shape index (κ3) is 11.6. The molecule has 0 saturated carbocycles. The molecule has 0 atom stereocenters. The maximum atomic E-state index is 10.9. The van der Waals surface area contributed by atoms with Gasteiger partial charge in [-0.05, 0) is 62.3 Å². The zero-order chi connectivity index (χ0) is 16.2. The summed E-state index contributed by atoms with van der Waals surface area (Å²) in [5.41, 5.74) is -0.819. The Balaban J connectivity index is 4.66. The van der Waals surface area contributed by atoms with Gasteiger partial charge >= 0.3 is 0 Å². The fraction of sp³-hybridized carbons (Fsp3) is 1.00. The summed E-state index contributed by atoms with van der Waals surface area (Å²) < 4.78 is 0. The normalized spacial score (nSPS) is 14.7. The average molecular weight is 287 g/mol. The SMILES string of the molecule is CC(C)(C)NCC(O)(CNC(C)(C)C)CNC(C)(C)C. The van der Waals surface area contributed by atoms with E-state index in [4.69, 9.17) is 0 Å². The molecule has 122 valence electrons. The van der Waals surface area contributed by atoms with Gasteiger partial charge in [0.15, 0.2) is 0 Å². The van der Waals surface area contributed by atoms with Crippen LogP contribution in [0.2, 0.25) is 0 Å². The van der Waals surface area contributed by atoms with Gasteiger partial charge < -0.3 is 21.1 Å². The van der Waals surface area contributed by atoms with Crippen molar-refractivity contribution < 1.29 is 5.11 Å². The van der Waals surface area contributed by atoms with Crippen molar-refractivity contribution in [2.45, 2.75) is 84.5 Å². The van der Waals surface area contributed by atoms with Crippen LogP contribution < -0.4 is 16.0 Å². The summed E-state index contributed by atoms with van der Waals surface area (Å²) in [6.07, 6.45) is 0. The van der Waals surface area contributed by atoms with Crippen LogP contribution >= 0.6 is 0 Å². The third-order valence-electron chi connectivity index (χ3n) is 2.84. The molecule has 0 aliphatic heterocycles. The molecule has 0 aromatic rings.